The Kier molecular flexibility index (Phi) is 4.56. The molecule has 2 aromatic heterocycles. The molecule has 0 fully saturated rings. The van der Waals surface area contributed by atoms with E-state index in [9.17, 15) is 8.42 Å². The molecule has 5 nitrogen and oxygen atoms in total. The molecule has 8 heteroatoms. The van der Waals surface area contributed by atoms with E-state index in [0.717, 1.165) is 17.0 Å². The average Bonchev–Trinajstić information content (AvgIpc) is 2.95. The first-order valence-electron chi connectivity index (χ1n) is 5.74. The minimum Gasteiger partial charge on any atom is -0.312 e. The molecule has 0 spiro atoms. The molecule has 0 aliphatic rings. The SMILES string of the molecule is CCNCc1scc(C)c1S(=O)(=O)Nc1nccs1. The van der Waals surface area contributed by atoms with E-state index in [0.29, 0.717) is 16.6 Å². The highest BCUT2D eigenvalue weighted by molar-refractivity contribution is 7.93. The minimum atomic E-state index is -3.56. The van der Waals surface area contributed by atoms with Crippen molar-refractivity contribution in [3.63, 3.8) is 0 Å². The molecule has 2 heterocycles. The van der Waals surface area contributed by atoms with E-state index in [4.69, 9.17) is 0 Å². The van der Waals surface area contributed by atoms with Crippen molar-refractivity contribution in [2.75, 3.05) is 11.3 Å². The van der Waals surface area contributed by atoms with Crippen LogP contribution in [0.2, 0.25) is 0 Å². The van der Waals surface area contributed by atoms with Crippen molar-refractivity contribution in [3.05, 3.63) is 27.4 Å². The molecule has 19 heavy (non-hydrogen) atoms. The lowest BCUT2D eigenvalue weighted by atomic mass is 10.3. The van der Waals surface area contributed by atoms with E-state index in [1.807, 2.05) is 19.2 Å². The van der Waals surface area contributed by atoms with Gasteiger partial charge in [0.1, 0.15) is 4.90 Å². The predicted octanol–water partition coefficient (Wildman–Crippen LogP) is 2.42. The number of nitrogens with one attached hydrogen (secondary N) is 2. The number of aryl methyl sites for hydroxylation is 1. The highest BCUT2D eigenvalue weighted by Crippen LogP contribution is 2.28. The molecule has 0 aliphatic heterocycles. The molecule has 0 radical (unpaired) electrons. The second-order valence-electron chi connectivity index (χ2n) is 3.89. The van der Waals surface area contributed by atoms with Crippen LogP contribution in [-0.2, 0) is 16.6 Å². The zero-order chi connectivity index (χ0) is 13.9. The number of hydrogen-bond donors (Lipinski definition) is 2. The van der Waals surface area contributed by atoms with Gasteiger partial charge >= 0.3 is 0 Å². The van der Waals surface area contributed by atoms with Gasteiger partial charge in [0.2, 0.25) is 0 Å². The fourth-order valence-electron chi connectivity index (χ4n) is 1.65. The second kappa shape index (κ2) is 6.00. The second-order valence-corrected chi connectivity index (χ2v) is 7.37. The molecule has 0 aromatic carbocycles. The van der Waals surface area contributed by atoms with Crippen LogP contribution in [0, 0.1) is 6.92 Å². The number of hydrogen-bond acceptors (Lipinski definition) is 6. The third-order valence-electron chi connectivity index (χ3n) is 2.45. The lowest BCUT2D eigenvalue weighted by Gasteiger charge is -2.08. The van der Waals surface area contributed by atoms with Crippen molar-refractivity contribution in [1.29, 1.82) is 0 Å². The fourth-order valence-corrected chi connectivity index (χ4v) is 5.22. The first-order chi connectivity index (χ1) is 9.04. The van der Waals surface area contributed by atoms with Crippen LogP contribution in [0.25, 0.3) is 0 Å². The number of rotatable bonds is 6. The molecule has 0 unspecified atom stereocenters. The standard InChI is InChI=1S/C11H15N3O2S3/c1-3-12-6-9-10(8(2)7-18-9)19(15,16)14-11-13-4-5-17-11/h4-5,7,12H,3,6H2,1-2H3,(H,13,14). The van der Waals surface area contributed by atoms with Crippen LogP contribution in [0.3, 0.4) is 0 Å². The van der Waals surface area contributed by atoms with Crippen LogP contribution in [0.5, 0.6) is 0 Å². The molecule has 0 saturated heterocycles. The largest absolute Gasteiger partial charge is 0.312 e. The van der Waals surface area contributed by atoms with Gasteiger partial charge in [-0.2, -0.15) is 0 Å². The first kappa shape index (κ1) is 14.4. The zero-order valence-corrected chi connectivity index (χ0v) is 13.1. The predicted molar refractivity (Wildman–Crippen MR) is 79.4 cm³/mol. The summed E-state index contributed by atoms with van der Waals surface area (Å²) in [5.41, 5.74) is 0.766. The lowest BCUT2D eigenvalue weighted by Crippen LogP contribution is -2.18. The number of thiophene rings is 1. The number of aromatic nitrogens is 1. The van der Waals surface area contributed by atoms with Crippen LogP contribution in [0.1, 0.15) is 17.4 Å². The van der Waals surface area contributed by atoms with Crippen molar-refractivity contribution >= 4 is 37.8 Å². The number of anilines is 1. The maximum Gasteiger partial charge on any atom is 0.265 e. The Morgan fingerprint density at radius 2 is 2.16 bits per heavy atom. The number of sulfonamides is 1. The van der Waals surface area contributed by atoms with Gasteiger partial charge in [-0.3, -0.25) is 4.72 Å². The van der Waals surface area contributed by atoms with E-state index in [-0.39, 0.29) is 0 Å². The van der Waals surface area contributed by atoms with Crippen LogP contribution < -0.4 is 10.0 Å². The highest BCUT2D eigenvalue weighted by Gasteiger charge is 2.23. The third-order valence-corrected chi connectivity index (χ3v) is 6.07. The summed E-state index contributed by atoms with van der Waals surface area (Å²) in [6.07, 6.45) is 1.57. The van der Waals surface area contributed by atoms with Crippen LogP contribution in [-0.4, -0.2) is 19.9 Å². The Bertz CT molecular complexity index is 632. The molecule has 0 amide bonds. The summed E-state index contributed by atoms with van der Waals surface area (Å²) in [5.74, 6) is 0. The van der Waals surface area contributed by atoms with Crippen molar-refractivity contribution in [1.82, 2.24) is 10.3 Å². The topological polar surface area (TPSA) is 71.1 Å². The van der Waals surface area contributed by atoms with E-state index < -0.39 is 10.0 Å². The summed E-state index contributed by atoms with van der Waals surface area (Å²) in [6, 6.07) is 0. The van der Waals surface area contributed by atoms with Gasteiger partial charge in [0.25, 0.3) is 10.0 Å². The molecule has 0 aliphatic carbocycles. The maximum atomic E-state index is 12.4. The van der Waals surface area contributed by atoms with Gasteiger partial charge in [0, 0.05) is 23.0 Å². The van der Waals surface area contributed by atoms with Gasteiger partial charge in [0.15, 0.2) is 5.13 Å². The minimum absolute atomic E-state index is 0.369. The smallest absolute Gasteiger partial charge is 0.265 e. The fraction of sp³-hybridized carbons (Fsp3) is 0.364. The van der Waals surface area contributed by atoms with Crippen molar-refractivity contribution in [2.24, 2.45) is 0 Å². The van der Waals surface area contributed by atoms with Gasteiger partial charge in [-0.25, -0.2) is 13.4 Å². The van der Waals surface area contributed by atoms with Gasteiger partial charge in [-0.1, -0.05) is 6.92 Å². The highest BCUT2D eigenvalue weighted by atomic mass is 32.2. The van der Waals surface area contributed by atoms with E-state index in [2.05, 4.69) is 15.0 Å². The molecule has 2 rings (SSSR count). The average molecular weight is 317 g/mol. The Hall–Kier alpha value is -0.960. The third kappa shape index (κ3) is 3.33. The van der Waals surface area contributed by atoms with Crippen molar-refractivity contribution in [2.45, 2.75) is 25.3 Å². The van der Waals surface area contributed by atoms with Gasteiger partial charge in [-0.15, -0.1) is 22.7 Å². The molecule has 2 aromatic rings. The molecule has 0 bridgehead atoms. The Balaban J connectivity index is 2.31. The Morgan fingerprint density at radius 3 is 2.79 bits per heavy atom. The van der Waals surface area contributed by atoms with E-state index in [1.165, 1.54) is 22.7 Å². The summed E-state index contributed by atoms with van der Waals surface area (Å²) < 4.78 is 27.3. The molecular weight excluding hydrogens is 302 g/mol. The summed E-state index contributed by atoms with van der Waals surface area (Å²) in [7, 11) is -3.56. The zero-order valence-electron chi connectivity index (χ0n) is 10.6. The first-order valence-corrected chi connectivity index (χ1v) is 8.99. The van der Waals surface area contributed by atoms with Gasteiger partial charge in [0.05, 0.1) is 0 Å². The summed E-state index contributed by atoms with van der Waals surface area (Å²) in [6.45, 7) is 5.16. The van der Waals surface area contributed by atoms with Gasteiger partial charge in [-0.05, 0) is 24.4 Å². The maximum absolute atomic E-state index is 12.4. The molecule has 104 valence electrons. The number of nitrogens with zero attached hydrogens (tertiary/aromatic N) is 1. The van der Waals surface area contributed by atoms with Crippen LogP contribution in [0.15, 0.2) is 21.9 Å². The van der Waals surface area contributed by atoms with Gasteiger partial charge < -0.3 is 5.32 Å². The Labute approximate surface area is 120 Å². The van der Waals surface area contributed by atoms with E-state index in [1.54, 1.807) is 11.6 Å². The molecule has 2 N–H and O–H groups in total. The molecular formula is C11H15N3O2S3. The number of thiazole rings is 1. The summed E-state index contributed by atoms with van der Waals surface area (Å²) >= 11 is 2.72. The van der Waals surface area contributed by atoms with Crippen LogP contribution >= 0.6 is 22.7 Å². The van der Waals surface area contributed by atoms with Crippen molar-refractivity contribution in [3.8, 4) is 0 Å². The lowest BCUT2D eigenvalue weighted by molar-refractivity contribution is 0.599. The summed E-state index contributed by atoms with van der Waals surface area (Å²) in [4.78, 5) is 5.14. The summed E-state index contributed by atoms with van der Waals surface area (Å²) in [5, 5.41) is 7.14. The Morgan fingerprint density at radius 1 is 1.37 bits per heavy atom. The monoisotopic (exact) mass is 317 g/mol. The van der Waals surface area contributed by atoms with Crippen LogP contribution in [0.4, 0.5) is 5.13 Å². The van der Waals surface area contributed by atoms with E-state index >= 15 is 0 Å². The van der Waals surface area contributed by atoms with Crippen molar-refractivity contribution < 1.29 is 8.42 Å². The normalized spacial score (nSPS) is 11.7. The quantitative estimate of drug-likeness (QED) is 0.858. The molecule has 0 saturated carbocycles. The molecule has 0 atom stereocenters.